The molecule has 0 amide bonds. The maximum Gasteiger partial charge on any atom is 0.119 e. The third-order valence-electron chi connectivity index (χ3n) is 2.90. The predicted molar refractivity (Wildman–Crippen MR) is 69.1 cm³/mol. The molecule has 2 nitrogen and oxygen atoms in total. The lowest BCUT2D eigenvalue weighted by atomic mass is 10.2. The van der Waals surface area contributed by atoms with Gasteiger partial charge in [0, 0.05) is 6.54 Å². The summed E-state index contributed by atoms with van der Waals surface area (Å²) in [4.78, 5) is 2.47. The standard InChI is InChI=1S/C13H19NO.CH4/c1-12-4-6-13(7-5-12)15-11-10-14-8-2-3-9-14;/h4-7H,2-3,8-11H2,1H3;1H4. The van der Waals surface area contributed by atoms with Crippen LogP contribution in [0.4, 0.5) is 0 Å². The molecule has 0 bridgehead atoms. The molecular weight excluding hydrogens is 198 g/mol. The van der Waals surface area contributed by atoms with Crippen molar-refractivity contribution in [2.45, 2.75) is 27.2 Å². The van der Waals surface area contributed by atoms with Gasteiger partial charge in [-0.25, -0.2) is 0 Å². The van der Waals surface area contributed by atoms with Crippen molar-refractivity contribution >= 4 is 0 Å². The molecule has 1 aliphatic heterocycles. The van der Waals surface area contributed by atoms with Crippen molar-refractivity contribution in [2.24, 2.45) is 0 Å². The molecule has 0 unspecified atom stereocenters. The fraction of sp³-hybridized carbons (Fsp3) is 0.571. The van der Waals surface area contributed by atoms with Crippen molar-refractivity contribution in [1.82, 2.24) is 4.90 Å². The van der Waals surface area contributed by atoms with Gasteiger partial charge >= 0.3 is 0 Å². The van der Waals surface area contributed by atoms with Crippen LogP contribution in [0.5, 0.6) is 5.75 Å². The Kier molecular flexibility index (Phi) is 5.33. The van der Waals surface area contributed by atoms with Crippen LogP contribution in [-0.2, 0) is 0 Å². The summed E-state index contributed by atoms with van der Waals surface area (Å²) >= 11 is 0. The molecule has 1 aromatic carbocycles. The van der Waals surface area contributed by atoms with E-state index >= 15 is 0 Å². The molecule has 1 fully saturated rings. The van der Waals surface area contributed by atoms with Gasteiger partial charge in [0.15, 0.2) is 0 Å². The van der Waals surface area contributed by atoms with Crippen LogP contribution in [0, 0.1) is 6.92 Å². The Morgan fingerprint density at radius 3 is 2.38 bits per heavy atom. The van der Waals surface area contributed by atoms with E-state index in [4.69, 9.17) is 4.74 Å². The second-order valence-corrected chi connectivity index (χ2v) is 4.21. The minimum Gasteiger partial charge on any atom is -0.492 e. The van der Waals surface area contributed by atoms with E-state index < -0.39 is 0 Å². The summed E-state index contributed by atoms with van der Waals surface area (Å²) in [6, 6.07) is 8.26. The normalized spacial score (nSPS) is 15.8. The fourth-order valence-electron chi connectivity index (χ4n) is 1.93. The Hall–Kier alpha value is -1.02. The SMILES string of the molecule is C.Cc1ccc(OCCN2CCCC2)cc1. The maximum atomic E-state index is 5.68. The average molecular weight is 221 g/mol. The number of ether oxygens (including phenoxy) is 1. The summed E-state index contributed by atoms with van der Waals surface area (Å²) in [6.45, 7) is 6.46. The Balaban J connectivity index is 0.00000128. The molecule has 1 aromatic rings. The predicted octanol–water partition coefficient (Wildman–Crippen LogP) is 3.11. The maximum absolute atomic E-state index is 5.68. The summed E-state index contributed by atoms with van der Waals surface area (Å²) in [5.74, 6) is 0.986. The molecule has 90 valence electrons. The van der Waals surface area contributed by atoms with E-state index in [2.05, 4.69) is 24.0 Å². The van der Waals surface area contributed by atoms with Crippen LogP contribution in [0.1, 0.15) is 25.8 Å². The molecule has 2 heteroatoms. The van der Waals surface area contributed by atoms with Crippen molar-refractivity contribution in [3.8, 4) is 5.75 Å². The van der Waals surface area contributed by atoms with E-state index in [1.165, 1.54) is 31.5 Å². The number of likely N-dealkylation sites (tertiary alicyclic amines) is 1. The highest BCUT2D eigenvalue weighted by Crippen LogP contribution is 2.12. The van der Waals surface area contributed by atoms with Crippen LogP contribution in [0.15, 0.2) is 24.3 Å². The van der Waals surface area contributed by atoms with Crippen LogP contribution in [0.3, 0.4) is 0 Å². The second-order valence-electron chi connectivity index (χ2n) is 4.21. The van der Waals surface area contributed by atoms with E-state index in [-0.39, 0.29) is 7.43 Å². The zero-order valence-electron chi connectivity index (χ0n) is 9.41. The lowest BCUT2D eigenvalue weighted by Crippen LogP contribution is -2.25. The van der Waals surface area contributed by atoms with Crippen LogP contribution >= 0.6 is 0 Å². The highest BCUT2D eigenvalue weighted by atomic mass is 16.5. The van der Waals surface area contributed by atoms with Gasteiger partial charge in [-0.1, -0.05) is 25.1 Å². The Morgan fingerprint density at radius 1 is 1.12 bits per heavy atom. The summed E-state index contributed by atoms with van der Waals surface area (Å²) in [7, 11) is 0. The van der Waals surface area contributed by atoms with Crippen molar-refractivity contribution in [2.75, 3.05) is 26.2 Å². The van der Waals surface area contributed by atoms with Crippen LogP contribution < -0.4 is 4.74 Å². The number of hydrogen-bond acceptors (Lipinski definition) is 2. The van der Waals surface area contributed by atoms with Gasteiger partial charge in [-0.05, 0) is 45.0 Å². The van der Waals surface area contributed by atoms with Gasteiger partial charge in [-0.3, -0.25) is 4.90 Å². The second kappa shape index (κ2) is 6.54. The first-order chi connectivity index (χ1) is 7.34. The molecule has 0 saturated carbocycles. The topological polar surface area (TPSA) is 12.5 Å². The third kappa shape index (κ3) is 3.86. The Morgan fingerprint density at radius 2 is 1.75 bits per heavy atom. The molecule has 2 rings (SSSR count). The zero-order chi connectivity index (χ0) is 10.5. The van der Waals surface area contributed by atoms with Gasteiger partial charge in [0.25, 0.3) is 0 Å². The van der Waals surface area contributed by atoms with Gasteiger partial charge in [-0.2, -0.15) is 0 Å². The molecule has 0 spiro atoms. The average Bonchev–Trinajstić information content (AvgIpc) is 2.74. The van der Waals surface area contributed by atoms with Gasteiger partial charge in [-0.15, -0.1) is 0 Å². The van der Waals surface area contributed by atoms with Crippen LogP contribution in [-0.4, -0.2) is 31.1 Å². The minimum absolute atomic E-state index is 0. The van der Waals surface area contributed by atoms with Gasteiger partial charge < -0.3 is 4.74 Å². The summed E-state index contributed by atoms with van der Waals surface area (Å²) < 4.78 is 5.68. The van der Waals surface area contributed by atoms with E-state index in [0.29, 0.717) is 0 Å². The first-order valence-electron chi connectivity index (χ1n) is 5.76. The Labute approximate surface area is 99.2 Å². The van der Waals surface area contributed by atoms with Gasteiger partial charge in [0.05, 0.1) is 0 Å². The monoisotopic (exact) mass is 221 g/mol. The molecule has 0 aromatic heterocycles. The first kappa shape index (κ1) is 13.0. The fourth-order valence-corrected chi connectivity index (χ4v) is 1.93. The molecule has 0 radical (unpaired) electrons. The van der Waals surface area contributed by atoms with Gasteiger partial charge in [0.1, 0.15) is 12.4 Å². The lowest BCUT2D eigenvalue weighted by Gasteiger charge is -2.14. The molecule has 1 saturated heterocycles. The molecule has 0 N–H and O–H groups in total. The van der Waals surface area contributed by atoms with Crippen molar-refractivity contribution in [1.29, 1.82) is 0 Å². The van der Waals surface area contributed by atoms with Crippen molar-refractivity contribution in [3.05, 3.63) is 29.8 Å². The van der Waals surface area contributed by atoms with Crippen molar-refractivity contribution < 1.29 is 4.74 Å². The number of aryl methyl sites for hydroxylation is 1. The van der Waals surface area contributed by atoms with E-state index in [1.54, 1.807) is 0 Å². The summed E-state index contributed by atoms with van der Waals surface area (Å²) in [5, 5.41) is 0. The highest BCUT2D eigenvalue weighted by Gasteiger charge is 2.10. The number of nitrogens with zero attached hydrogens (tertiary/aromatic N) is 1. The largest absolute Gasteiger partial charge is 0.492 e. The molecule has 1 heterocycles. The quantitative estimate of drug-likeness (QED) is 0.774. The number of benzene rings is 1. The summed E-state index contributed by atoms with van der Waals surface area (Å²) in [5.41, 5.74) is 1.28. The van der Waals surface area contributed by atoms with E-state index in [1.807, 2.05) is 12.1 Å². The van der Waals surface area contributed by atoms with Gasteiger partial charge in [0.2, 0.25) is 0 Å². The third-order valence-corrected chi connectivity index (χ3v) is 2.90. The molecule has 0 atom stereocenters. The minimum atomic E-state index is 0. The number of hydrogen-bond donors (Lipinski definition) is 0. The van der Waals surface area contributed by atoms with E-state index in [9.17, 15) is 0 Å². The smallest absolute Gasteiger partial charge is 0.119 e. The first-order valence-corrected chi connectivity index (χ1v) is 5.76. The van der Waals surface area contributed by atoms with Crippen molar-refractivity contribution in [3.63, 3.8) is 0 Å². The molecule has 16 heavy (non-hydrogen) atoms. The van der Waals surface area contributed by atoms with E-state index in [0.717, 1.165) is 18.9 Å². The molecule has 0 aliphatic carbocycles. The molecule has 1 aliphatic rings. The lowest BCUT2D eigenvalue weighted by molar-refractivity contribution is 0.238. The molecular formula is C14H23NO. The van der Waals surface area contributed by atoms with Crippen LogP contribution in [0.25, 0.3) is 0 Å². The Bertz CT molecular complexity index is 288. The number of rotatable bonds is 4. The zero-order valence-corrected chi connectivity index (χ0v) is 9.41. The highest BCUT2D eigenvalue weighted by molar-refractivity contribution is 5.26. The van der Waals surface area contributed by atoms with Crippen LogP contribution in [0.2, 0.25) is 0 Å². The summed E-state index contributed by atoms with van der Waals surface area (Å²) in [6.07, 6.45) is 2.70.